The van der Waals surface area contributed by atoms with Crippen molar-refractivity contribution in [1.82, 2.24) is 9.97 Å². The average Bonchev–Trinajstić information content (AvgIpc) is 3.20. The number of carbonyl (C=O) groups excluding carboxylic acids is 1. The topological polar surface area (TPSA) is 58.1 Å². The molecule has 0 atom stereocenters. The van der Waals surface area contributed by atoms with Crippen molar-refractivity contribution in [2.45, 2.75) is 33.1 Å². The Morgan fingerprint density at radius 3 is 2.72 bits per heavy atom. The smallest absolute Gasteiger partial charge is 0.258 e. The molecule has 1 fully saturated rings. The molecule has 4 aromatic rings. The quantitative estimate of drug-likeness (QED) is 0.275. The van der Waals surface area contributed by atoms with Crippen molar-refractivity contribution in [3.8, 4) is 11.3 Å². The lowest BCUT2D eigenvalue weighted by molar-refractivity contribution is 0.102. The van der Waals surface area contributed by atoms with Gasteiger partial charge in [-0.25, -0.2) is 9.37 Å². The van der Waals surface area contributed by atoms with Crippen molar-refractivity contribution in [2.75, 3.05) is 21.9 Å². The number of halogens is 2. The summed E-state index contributed by atoms with van der Waals surface area (Å²) in [5.74, 6) is -0.0417. The van der Waals surface area contributed by atoms with Crippen molar-refractivity contribution in [3.05, 3.63) is 83.3 Å². The lowest BCUT2D eigenvalue weighted by Crippen LogP contribution is -2.17. The van der Waals surface area contributed by atoms with Gasteiger partial charge in [0, 0.05) is 35.4 Å². The number of benzene rings is 2. The lowest BCUT2D eigenvalue weighted by Gasteiger charge is -2.21. The Morgan fingerprint density at radius 2 is 1.89 bits per heavy atom. The zero-order valence-corrected chi connectivity index (χ0v) is 21.9. The molecule has 1 aliphatic rings. The second-order valence-corrected chi connectivity index (χ2v) is 9.56. The third-order valence-electron chi connectivity index (χ3n) is 5.69. The number of amides is 1. The molecule has 1 N–H and O–H groups in total. The minimum absolute atomic E-state index is 0.00465. The fraction of sp³-hybridized carbons (Fsp3) is 0.250. The highest BCUT2D eigenvalue weighted by Gasteiger charge is 2.17. The van der Waals surface area contributed by atoms with Gasteiger partial charge in [-0.1, -0.05) is 31.9 Å². The van der Waals surface area contributed by atoms with E-state index in [1.54, 1.807) is 48.5 Å². The molecular weight excluding hydrogens is 495 g/mol. The van der Waals surface area contributed by atoms with Crippen LogP contribution in [0.25, 0.3) is 22.3 Å². The largest absolute Gasteiger partial charge is 0.322 e. The molecule has 36 heavy (non-hydrogen) atoms. The summed E-state index contributed by atoms with van der Waals surface area (Å²) < 4.78 is 17.0. The predicted molar refractivity (Wildman–Crippen MR) is 149 cm³/mol. The molecular formula is C28H28ClFN4OS. The van der Waals surface area contributed by atoms with Crippen LogP contribution in [0.4, 0.5) is 15.8 Å². The van der Waals surface area contributed by atoms with Gasteiger partial charge >= 0.3 is 0 Å². The Labute approximate surface area is 220 Å². The van der Waals surface area contributed by atoms with Gasteiger partial charge in [0.05, 0.1) is 27.3 Å². The maximum Gasteiger partial charge on any atom is 0.258 e. The van der Waals surface area contributed by atoms with E-state index in [4.69, 9.17) is 11.6 Å². The highest BCUT2D eigenvalue weighted by molar-refractivity contribution is 8.00. The Kier molecular flexibility index (Phi) is 8.78. The van der Waals surface area contributed by atoms with Crippen molar-refractivity contribution in [2.24, 2.45) is 0 Å². The van der Waals surface area contributed by atoms with Gasteiger partial charge in [-0.2, -0.15) is 0 Å². The van der Waals surface area contributed by atoms with E-state index >= 15 is 0 Å². The average molecular weight is 523 g/mol. The van der Waals surface area contributed by atoms with Crippen LogP contribution in [0.2, 0.25) is 5.02 Å². The van der Waals surface area contributed by atoms with Crippen LogP contribution < -0.4 is 9.62 Å². The summed E-state index contributed by atoms with van der Waals surface area (Å²) in [4.78, 5) is 21.8. The number of nitrogens with one attached hydrogen (secondary N) is 1. The minimum Gasteiger partial charge on any atom is -0.322 e. The molecule has 2 aromatic heterocycles. The van der Waals surface area contributed by atoms with Crippen LogP contribution >= 0.6 is 23.5 Å². The van der Waals surface area contributed by atoms with Crippen molar-refractivity contribution in [1.29, 1.82) is 0 Å². The molecule has 0 radical (unpaired) electrons. The molecule has 1 saturated heterocycles. The molecule has 2 aromatic carbocycles. The van der Waals surface area contributed by atoms with E-state index in [-0.39, 0.29) is 5.56 Å². The Hall–Kier alpha value is -3.16. The molecule has 1 amide bonds. The van der Waals surface area contributed by atoms with Crippen LogP contribution in [0, 0.1) is 5.82 Å². The summed E-state index contributed by atoms with van der Waals surface area (Å²) in [5, 5.41) is 3.29. The van der Waals surface area contributed by atoms with Crippen LogP contribution in [0.1, 0.15) is 43.5 Å². The van der Waals surface area contributed by atoms with Crippen molar-refractivity contribution in [3.63, 3.8) is 0 Å². The van der Waals surface area contributed by atoms with Gasteiger partial charge in [0.15, 0.2) is 0 Å². The first-order valence-electron chi connectivity index (χ1n) is 12.1. The molecule has 0 unspecified atom stereocenters. The summed E-state index contributed by atoms with van der Waals surface area (Å²) in [6, 6.07) is 17.3. The molecule has 0 bridgehead atoms. The van der Waals surface area contributed by atoms with E-state index in [1.807, 2.05) is 38.1 Å². The third kappa shape index (κ3) is 5.97. The van der Waals surface area contributed by atoms with Gasteiger partial charge in [0.25, 0.3) is 5.91 Å². The van der Waals surface area contributed by atoms with Crippen LogP contribution in [0.3, 0.4) is 0 Å². The lowest BCUT2D eigenvalue weighted by atomic mass is 10.1. The second-order valence-electron chi connectivity index (χ2n) is 8.05. The van der Waals surface area contributed by atoms with E-state index in [2.05, 4.69) is 19.6 Å². The number of hydrogen-bond donors (Lipinski definition) is 1. The normalized spacial score (nSPS) is 13.5. The molecule has 0 saturated carbocycles. The zero-order chi connectivity index (χ0) is 25.5. The Bertz CT molecular complexity index is 1360. The number of hydrogen-bond acceptors (Lipinski definition) is 5. The number of rotatable bonds is 4. The standard InChI is InChI=1S/C26H22ClFN4OS.C2H6/c27-21-9-6-17(15-20(21)23-10-11-24-25(31-23)5-4-12-29-24)30-26(33)19-8-7-18(16-22(19)28)32-13-2-1-3-14-34-32;1-2/h4-12,15-16H,1-3,13-14H2,(H,30,33);1-2H3. The summed E-state index contributed by atoms with van der Waals surface area (Å²) in [6.07, 6.45) is 5.14. The molecule has 8 heteroatoms. The number of nitrogens with zero attached hydrogens (tertiary/aromatic N) is 3. The molecule has 5 rings (SSSR count). The molecule has 1 aliphatic heterocycles. The van der Waals surface area contributed by atoms with Gasteiger partial charge in [-0.15, -0.1) is 0 Å². The first kappa shape index (κ1) is 25.9. The Balaban J connectivity index is 0.00000148. The first-order valence-corrected chi connectivity index (χ1v) is 13.4. The van der Waals surface area contributed by atoms with E-state index in [1.165, 1.54) is 18.9 Å². The van der Waals surface area contributed by atoms with Crippen LogP contribution in [0.5, 0.6) is 0 Å². The number of aromatic nitrogens is 2. The molecule has 186 valence electrons. The minimum atomic E-state index is -0.544. The number of anilines is 2. The highest BCUT2D eigenvalue weighted by atomic mass is 35.5. The fourth-order valence-corrected chi connectivity index (χ4v) is 5.21. The van der Waals surface area contributed by atoms with E-state index < -0.39 is 11.7 Å². The van der Waals surface area contributed by atoms with E-state index in [9.17, 15) is 9.18 Å². The van der Waals surface area contributed by atoms with Crippen molar-refractivity contribution < 1.29 is 9.18 Å². The van der Waals surface area contributed by atoms with Gasteiger partial charge < -0.3 is 9.62 Å². The first-order chi connectivity index (χ1) is 17.6. The number of carbonyl (C=O) groups is 1. The van der Waals surface area contributed by atoms with E-state index in [0.717, 1.165) is 35.4 Å². The monoisotopic (exact) mass is 522 g/mol. The van der Waals surface area contributed by atoms with Crippen molar-refractivity contribution >= 4 is 51.9 Å². The molecule has 0 spiro atoms. The van der Waals surface area contributed by atoms with Gasteiger partial charge in [0.1, 0.15) is 5.82 Å². The molecule has 0 aliphatic carbocycles. The maximum absolute atomic E-state index is 14.9. The predicted octanol–water partition coefficient (Wildman–Crippen LogP) is 8.01. The second kappa shape index (κ2) is 12.2. The number of fused-ring (bicyclic) bond motifs is 1. The van der Waals surface area contributed by atoms with Gasteiger partial charge in [-0.3, -0.25) is 9.78 Å². The molecule has 5 nitrogen and oxygen atoms in total. The highest BCUT2D eigenvalue weighted by Crippen LogP contribution is 2.31. The van der Waals surface area contributed by atoms with Crippen LogP contribution in [0.15, 0.2) is 66.9 Å². The summed E-state index contributed by atoms with van der Waals surface area (Å²) in [5.41, 5.74) is 4.14. The summed E-state index contributed by atoms with van der Waals surface area (Å²) >= 11 is 8.14. The number of pyridine rings is 2. The third-order valence-corrected chi connectivity index (χ3v) is 7.20. The van der Waals surface area contributed by atoms with Crippen LogP contribution in [-0.4, -0.2) is 28.2 Å². The van der Waals surface area contributed by atoms with Gasteiger partial charge in [-0.05, 0) is 85.5 Å². The zero-order valence-electron chi connectivity index (χ0n) is 20.3. The van der Waals surface area contributed by atoms with Gasteiger partial charge in [0.2, 0.25) is 0 Å². The maximum atomic E-state index is 14.9. The summed E-state index contributed by atoms with van der Waals surface area (Å²) in [7, 11) is 0. The molecule has 3 heterocycles. The van der Waals surface area contributed by atoms with Crippen LogP contribution in [-0.2, 0) is 0 Å². The summed E-state index contributed by atoms with van der Waals surface area (Å²) in [6.45, 7) is 4.88. The SMILES string of the molecule is CC.O=C(Nc1ccc(Cl)c(-c2ccc3ncccc3n2)c1)c1ccc(N2CCCCCS2)cc1F. The fourth-order valence-electron chi connectivity index (χ4n) is 3.93. The van der Waals surface area contributed by atoms with E-state index in [0.29, 0.717) is 22.0 Å². The Morgan fingerprint density at radius 1 is 1.03 bits per heavy atom.